The highest BCUT2D eigenvalue weighted by Crippen LogP contribution is 2.29. The molecule has 0 radical (unpaired) electrons. The summed E-state index contributed by atoms with van der Waals surface area (Å²) in [5, 5.41) is 12.8. The number of benzene rings is 2. The van der Waals surface area contributed by atoms with Gasteiger partial charge in [0.15, 0.2) is 12.4 Å². The molecule has 0 saturated heterocycles. The van der Waals surface area contributed by atoms with Crippen molar-refractivity contribution in [1.82, 2.24) is 25.2 Å². The number of aromatic nitrogens is 5. The number of aryl methyl sites for hydroxylation is 2. The van der Waals surface area contributed by atoms with Gasteiger partial charge in [-0.1, -0.05) is 18.2 Å². The number of ether oxygens (including phenoxy) is 1. The van der Waals surface area contributed by atoms with Crippen molar-refractivity contribution in [2.24, 2.45) is 0 Å². The number of tetrazole rings is 1. The first-order valence-corrected chi connectivity index (χ1v) is 9.43. The lowest BCUT2D eigenvalue weighted by Crippen LogP contribution is -2.10. The van der Waals surface area contributed by atoms with Gasteiger partial charge in [0.05, 0.1) is 11.3 Å². The molecule has 0 saturated carbocycles. The van der Waals surface area contributed by atoms with Crippen LogP contribution in [0.3, 0.4) is 0 Å². The minimum Gasteiger partial charge on any atom is -0.454 e. The van der Waals surface area contributed by atoms with E-state index in [1.807, 2.05) is 42.5 Å². The van der Waals surface area contributed by atoms with E-state index in [0.717, 1.165) is 29.4 Å². The summed E-state index contributed by atoms with van der Waals surface area (Å²) in [6.07, 6.45) is 4.53. The van der Waals surface area contributed by atoms with Gasteiger partial charge in [-0.2, -0.15) is 4.68 Å². The van der Waals surface area contributed by atoms with Crippen LogP contribution < -0.4 is 0 Å². The van der Waals surface area contributed by atoms with Gasteiger partial charge in [-0.25, -0.2) is 4.79 Å². The number of H-pyrrole nitrogens is 1. The standard InChI is InChI=1S/C21H19N5O2/c27-21(28-13-20-23-24-25-26(20)15-6-2-1-3-7-15)14-10-11-19-17(12-14)16-8-4-5-9-18(16)22-19/h1-3,6-7,10-12,22H,4-5,8-9,13H2. The normalized spacial score (nSPS) is 13.4. The maximum Gasteiger partial charge on any atom is 0.338 e. The lowest BCUT2D eigenvalue weighted by atomic mass is 9.95. The molecule has 0 unspecified atom stereocenters. The van der Waals surface area contributed by atoms with E-state index in [2.05, 4.69) is 20.5 Å². The molecule has 1 aliphatic rings. The summed E-state index contributed by atoms with van der Waals surface area (Å²) in [6.45, 7) is 0.00398. The van der Waals surface area contributed by atoms with Gasteiger partial charge < -0.3 is 9.72 Å². The zero-order valence-electron chi connectivity index (χ0n) is 15.3. The SMILES string of the molecule is O=C(OCc1nnnn1-c1ccccc1)c1ccc2[nH]c3c(c2c1)CCCC3. The molecule has 0 atom stereocenters. The molecule has 4 aromatic rings. The number of hydrogen-bond donors (Lipinski definition) is 1. The fourth-order valence-electron chi connectivity index (χ4n) is 3.81. The molecule has 140 valence electrons. The first kappa shape index (κ1) is 16.7. The molecular formula is C21H19N5O2. The lowest BCUT2D eigenvalue weighted by molar-refractivity contribution is 0.0459. The molecule has 0 aliphatic heterocycles. The van der Waals surface area contributed by atoms with Crippen LogP contribution in [-0.2, 0) is 24.2 Å². The van der Waals surface area contributed by atoms with Crippen molar-refractivity contribution >= 4 is 16.9 Å². The summed E-state index contributed by atoms with van der Waals surface area (Å²) in [4.78, 5) is 16.1. The van der Waals surface area contributed by atoms with E-state index in [1.54, 1.807) is 10.7 Å². The van der Waals surface area contributed by atoms with Crippen LogP contribution in [-0.4, -0.2) is 31.2 Å². The van der Waals surface area contributed by atoms with Crippen molar-refractivity contribution < 1.29 is 9.53 Å². The van der Waals surface area contributed by atoms with E-state index in [4.69, 9.17) is 4.74 Å². The van der Waals surface area contributed by atoms with Crippen LogP contribution in [0.4, 0.5) is 0 Å². The molecule has 2 heterocycles. The molecule has 0 amide bonds. The van der Waals surface area contributed by atoms with Crippen LogP contribution in [0.25, 0.3) is 16.6 Å². The molecule has 7 nitrogen and oxygen atoms in total. The molecule has 28 heavy (non-hydrogen) atoms. The van der Waals surface area contributed by atoms with Crippen LogP contribution >= 0.6 is 0 Å². The molecule has 2 aromatic carbocycles. The smallest absolute Gasteiger partial charge is 0.338 e. The molecule has 1 N–H and O–H groups in total. The first-order valence-electron chi connectivity index (χ1n) is 9.43. The Hall–Kier alpha value is -3.48. The third-order valence-corrected chi connectivity index (χ3v) is 5.20. The molecule has 0 fully saturated rings. The van der Waals surface area contributed by atoms with Crippen LogP contribution in [0.15, 0.2) is 48.5 Å². The van der Waals surface area contributed by atoms with Crippen molar-refractivity contribution in [3.05, 3.63) is 71.2 Å². The average Bonchev–Trinajstić information content (AvgIpc) is 3.36. The Bertz CT molecular complexity index is 1150. The molecule has 5 rings (SSSR count). The highest BCUT2D eigenvalue weighted by molar-refractivity contribution is 5.96. The molecule has 0 spiro atoms. The Morgan fingerprint density at radius 1 is 1.11 bits per heavy atom. The summed E-state index contributed by atoms with van der Waals surface area (Å²) in [5.41, 5.74) is 5.08. The van der Waals surface area contributed by atoms with Crippen LogP contribution in [0, 0.1) is 0 Å². The minimum atomic E-state index is -0.379. The number of nitrogens with zero attached hydrogens (tertiary/aromatic N) is 4. The van der Waals surface area contributed by atoms with E-state index in [1.165, 1.54) is 24.1 Å². The molecule has 2 aromatic heterocycles. The van der Waals surface area contributed by atoms with Gasteiger partial charge >= 0.3 is 5.97 Å². The van der Waals surface area contributed by atoms with E-state index >= 15 is 0 Å². The van der Waals surface area contributed by atoms with Gasteiger partial charge in [0.2, 0.25) is 0 Å². The van der Waals surface area contributed by atoms with Crippen molar-refractivity contribution in [1.29, 1.82) is 0 Å². The number of nitrogens with one attached hydrogen (secondary N) is 1. The monoisotopic (exact) mass is 373 g/mol. The van der Waals surface area contributed by atoms with Gasteiger partial charge in [0, 0.05) is 16.6 Å². The number of aromatic amines is 1. The zero-order valence-corrected chi connectivity index (χ0v) is 15.3. The summed E-state index contributed by atoms with van der Waals surface area (Å²) in [5.74, 6) is 0.0925. The predicted molar refractivity (Wildman–Crippen MR) is 103 cm³/mol. The van der Waals surface area contributed by atoms with Crippen LogP contribution in [0.2, 0.25) is 0 Å². The second kappa shape index (κ2) is 6.92. The Kier molecular flexibility index (Phi) is 4.12. The maximum atomic E-state index is 12.6. The summed E-state index contributed by atoms with van der Waals surface area (Å²) in [6, 6.07) is 15.2. The van der Waals surface area contributed by atoms with E-state index in [-0.39, 0.29) is 12.6 Å². The molecular weight excluding hydrogens is 354 g/mol. The number of carbonyl (C=O) groups is 1. The van der Waals surface area contributed by atoms with Gasteiger partial charge in [-0.15, -0.1) is 5.10 Å². The fourth-order valence-corrected chi connectivity index (χ4v) is 3.81. The van der Waals surface area contributed by atoms with Crippen molar-refractivity contribution in [2.45, 2.75) is 32.3 Å². The quantitative estimate of drug-likeness (QED) is 0.554. The minimum absolute atomic E-state index is 0.00398. The zero-order chi connectivity index (χ0) is 18.9. The topological polar surface area (TPSA) is 85.7 Å². The Balaban J connectivity index is 1.36. The molecule has 1 aliphatic carbocycles. The van der Waals surface area contributed by atoms with E-state index in [9.17, 15) is 4.79 Å². The third kappa shape index (κ3) is 2.94. The van der Waals surface area contributed by atoms with Crippen molar-refractivity contribution in [3.8, 4) is 5.69 Å². The second-order valence-electron chi connectivity index (χ2n) is 6.97. The Labute approximate surface area is 161 Å². The number of hydrogen-bond acceptors (Lipinski definition) is 5. The van der Waals surface area contributed by atoms with E-state index < -0.39 is 0 Å². The number of esters is 1. The average molecular weight is 373 g/mol. The molecule has 0 bridgehead atoms. The van der Waals surface area contributed by atoms with Gasteiger partial charge in [-0.3, -0.25) is 0 Å². The van der Waals surface area contributed by atoms with Crippen molar-refractivity contribution in [3.63, 3.8) is 0 Å². The highest BCUT2D eigenvalue weighted by atomic mass is 16.5. The Morgan fingerprint density at radius 2 is 1.96 bits per heavy atom. The summed E-state index contributed by atoms with van der Waals surface area (Å²) >= 11 is 0. The van der Waals surface area contributed by atoms with E-state index in [0.29, 0.717) is 11.4 Å². The van der Waals surface area contributed by atoms with Crippen molar-refractivity contribution in [2.75, 3.05) is 0 Å². The fraction of sp³-hybridized carbons (Fsp3) is 0.238. The highest BCUT2D eigenvalue weighted by Gasteiger charge is 2.18. The van der Waals surface area contributed by atoms with Gasteiger partial charge in [0.1, 0.15) is 0 Å². The predicted octanol–water partition coefficient (Wildman–Crippen LogP) is 3.38. The number of para-hydroxylation sites is 1. The second-order valence-corrected chi connectivity index (χ2v) is 6.97. The number of rotatable bonds is 4. The summed E-state index contributed by atoms with van der Waals surface area (Å²) < 4.78 is 7.06. The van der Waals surface area contributed by atoms with Crippen LogP contribution in [0.5, 0.6) is 0 Å². The number of fused-ring (bicyclic) bond motifs is 3. The van der Waals surface area contributed by atoms with Gasteiger partial charge in [-0.05, 0) is 72.0 Å². The molecule has 7 heteroatoms. The maximum absolute atomic E-state index is 12.6. The first-order chi connectivity index (χ1) is 13.8. The number of carbonyl (C=O) groups excluding carboxylic acids is 1. The summed E-state index contributed by atoms with van der Waals surface area (Å²) in [7, 11) is 0. The van der Waals surface area contributed by atoms with Gasteiger partial charge in [0.25, 0.3) is 0 Å². The third-order valence-electron chi connectivity index (χ3n) is 5.20. The Morgan fingerprint density at radius 3 is 2.86 bits per heavy atom. The lowest BCUT2D eigenvalue weighted by Gasteiger charge is -2.10. The van der Waals surface area contributed by atoms with Crippen LogP contribution in [0.1, 0.15) is 40.3 Å². The largest absolute Gasteiger partial charge is 0.454 e.